The van der Waals surface area contributed by atoms with Crippen molar-refractivity contribution in [1.29, 1.82) is 0 Å². The second-order valence-electron chi connectivity index (χ2n) is 5.70. The largest absolute Gasteiger partial charge is 0.313 e. The first-order valence-electron chi connectivity index (χ1n) is 7.24. The lowest BCUT2D eigenvalue weighted by atomic mass is 9.83. The number of nitrogens with one attached hydrogen (secondary N) is 1. The van der Waals surface area contributed by atoms with E-state index in [4.69, 9.17) is 0 Å². The van der Waals surface area contributed by atoms with Gasteiger partial charge in [-0.2, -0.15) is 0 Å². The minimum absolute atomic E-state index is 0.0117. The third-order valence-electron chi connectivity index (χ3n) is 4.30. The van der Waals surface area contributed by atoms with Crippen LogP contribution in [0.2, 0.25) is 0 Å². The molecule has 19 heavy (non-hydrogen) atoms. The average Bonchev–Trinajstić information content (AvgIpc) is 2.42. The standard InChI is InChI=1S/C16H23F2N/c1-11-8-13(15(18)10-14(11)17)16(19-2)9-12-6-4-3-5-7-12/h8,10,12,16,19H,3-7,9H2,1-2H3. The molecule has 1 aliphatic carbocycles. The molecule has 0 aliphatic heterocycles. The van der Waals surface area contributed by atoms with E-state index in [0.29, 0.717) is 17.0 Å². The molecule has 0 aromatic heterocycles. The topological polar surface area (TPSA) is 12.0 Å². The van der Waals surface area contributed by atoms with Crippen LogP contribution in [-0.4, -0.2) is 7.05 Å². The molecule has 3 heteroatoms. The first-order chi connectivity index (χ1) is 9.11. The molecule has 1 aromatic carbocycles. The summed E-state index contributed by atoms with van der Waals surface area (Å²) < 4.78 is 27.3. The van der Waals surface area contributed by atoms with E-state index in [0.717, 1.165) is 12.5 Å². The third kappa shape index (κ3) is 3.53. The molecule has 0 radical (unpaired) electrons. The van der Waals surface area contributed by atoms with Gasteiger partial charge in [0.25, 0.3) is 0 Å². The maximum absolute atomic E-state index is 13.9. The van der Waals surface area contributed by atoms with Gasteiger partial charge in [-0.3, -0.25) is 0 Å². The number of aryl methyl sites for hydroxylation is 1. The van der Waals surface area contributed by atoms with Crippen LogP contribution < -0.4 is 5.32 Å². The number of hydrogen-bond acceptors (Lipinski definition) is 1. The fourth-order valence-corrected chi connectivity index (χ4v) is 3.10. The van der Waals surface area contributed by atoms with Gasteiger partial charge in [0.05, 0.1) is 0 Å². The van der Waals surface area contributed by atoms with Gasteiger partial charge in [-0.25, -0.2) is 8.78 Å². The Bertz CT molecular complexity index is 425. The van der Waals surface area contributed by atoms with Crippen molar-refractivity contribution >= 4 is 0 Å². The third-order valence-corrected chi connectivity index (χ3v) is 4.30. The van der Waals surface area contributed by atoms with Gasteiger partial charge in [-0.1, -0.05) is 32.1 Å². The highest BCUT2D eigenvalue weighted by Gasteiger charge is 2.22. The Morgan fingerprint density at radius 3 is 2.47 bits per heavy atom. The van der Waals surface area contributed by atoms with E-state index < -0.39 is 11.6 Å². The Labute approximate surface area is 114 Å². The van der Waals surface area contributed by atoms with Crippen LogP contribution >= 0.6 is 0 Å². The fourth-order valence-electron chi connectivity index (χ4n) is 3.10. The first-order valence-corrected chi connectivity index (χ1v) is 7.24. The fraction of sp³-hybridized carbons (Fsp3) is 0.625. The van der Waals surface area contributed by atoms with E-state index in [1.54, 1.807) is 13.0 Å². The number of benzene rings is 1. The van der Waals surface area contributed by atoms with Crippen molar-refractivity contribution in [3.05, 3.63) is 34.9 Å². The molecular weight excluding hydrogens is 244 g/mol. The maximum Gasteiger partial charge on any atom is 0.130 e. The average molecular weight is 267 g/mol. The number of halogens is 2. The van der Waals surface area contributed by atoms with Crippen molar-refractivity contribution in [2.24, 2.45) is 5.92 Å². The second kappa shape index (κ2) is 6.47. The zero-order chi connectivity index (χ0) is 13.8. The molecule has 1 unspecified atom stereocenters. The minimum Gasteiger partial charge on any atom is -0.313 e. The molecule has 1 atom stereocenters. The maximum atomic E-state index is 13.9. The van der Waals surface area contributed by atoms with Crippen LogP contribution in [0.1, 0.15) is 55.7 Å². The van der Waals surface area contributed by atoms with Crippen LogP contribution in [0, 0.1) is 24.5 Å². The molecule has 1 N–H and O–H groups in total. The summed E-state index contributed by atoms with van der Waals surface area (Å²) in [4.78, 5) is 0. The Kier molecular flexibility index (Phi) is 4.92. The molecule has 0 spiro atoms. The molecule has 1 saturated carbocycles. The first kappa shape index (κ1) is 14.4. The molecular formula is C16H23F2N. The van der Waals surface area contributed by atoms with Gasteiger partial charge in [0.1, 0.15) is 11.6 Å². The van der Waals surface area contributed by atoms with Crippen LogP contribution in [0.15, 0.2) is 12.1 Å². The summed E-state index contributed by atoms with van der Waals surface area (Å²) >= 11 is 0. The van der Waals surface area contributed by atoms with E-state index in [-0.39, 0.29) is 6.04 Å². The number of rotatable bonds is 4. The summed E-state index contributed by atoms with van der Waals surface area (Å²) in [5, 5.41) is 3.19. The molecule has 1 aromatic rings. The van der Waals surface area contributed by atoms with E-state index in [2.05, 4.69) is 5.32 Å². The van der Waals surface area contributed by atoms with Crippen molar-refractivity contribution in [2.75, 3.05) is 7.05 Å². The lowest BCUT2D eigenvalue weighted by Gasteiger charge is -2.27. The summed E-state index contributed by atoms with van der Waals surface area (Å²) in [6.45, 7) is 1.69. The summed E-state index contributed by atoms with van der Waals surface area (Å²) in [7, 11) is 1.85. The molecule has 0 heterocycles. The zero-order valence-electron chi connectivity index (χ0n) is 11.8. The van der Waals surface area contributed by atoms with E-state index in [1.165, 1.54) is 32.1 Å². The summed E-state index contributed by atoms with van der Waals surface area (Å²) in [5.74, 6) is -0.233. The van der Waals surface area contributed by atoms with Gasteiger partial charge in [0.2, 0.25) is 0 Å². The molecule has 0 amide bonds. The Hall–Kier alpha value is -0.960. The summed E-state index contributed by atoms with van der Waals surface area (Å²) in [6, 6.07) is 2.65. The van der Waals surface area contributed by atoms with Crippen LogP contribution in [0.4, 0.5) is 8.78 Å². The summed E-state index contributed by atoms with van der Waals surface area (Å²) in [6.07, 6.45) is 7.31. The van der Waals surface area contributed by atoms with Crippen LogP contribution in [0.25, 0.3) is 0 Å². The zero-order valence-corrected chi connectivity index (χ0v) is 11.8. The quantitative estimate of drug-likeness (QED) is 0.846. The molecule has 1 fully saturated rings. The van der Waals surface area contributed by atoms with Crippen molar-refractivity contribution < 1.29 is 8.78 Å². The normalized spacial score (nSPS) is 18.5. The predicted molar refractivity (Wildman–Crippen MR) is 74.1 cm³/mol. The van der Waals surface area contributed by atoms with Crippen LogP contribution in [0.5, 0.6) is 0 Å². The monoisotopic (exact) mass is 267 g/mol. The van der Waals surface area contributed by atoms with E-state index in [9.17, 15) is 8.78 Å². The Balaban J connectivity index is 2.14. The lowest BCUT2D eigenvalue weighted by molar-refractivity contribution is 0.302. The number of hydrogen-bond donors (Lipinski definition) is 1. The lowest BCUT2D eigenvalue weighted by Crippen LogP contribution is -2.22. The van der Waals surface area contributed by atoms with E-state index in [1.807, 2.05) is 7.05 Å². The SMILES string of the molecule is CNC(CC1CCCCC1)c1cc(C)c(F)cc1F. The van der Waals surface area contributed by atoms with Gasteiger partial charge in [-0.05, 0) is 37.9 Å². The second-order valence-corrected chi connectivity index (χ2v) is 5.70. The van der Waals surface area contributed by atoms with Gasteiger partial charge in [0.15, 0.2) is 0 Å². The molecule has 0 bridgehead atoms. The van der Waals surface area contributed by atoms with Gasteiger partial charge in [-0.15, -0.1) is 0 Å². The molecule has 2 rings (SSSR count). The van der Waals surface area contributed by atoms with E-state index >= 15 is 0 Å². The highest BCUT2D eigenvalue weighted by molar-refractivity contribution is 5.28. The van der Waals surface area contributed by atoms with Crippen molar-refractivity contribution in [3.8, 4) is 0 Å². The molecule has 1 nitrogen and oxygen atoms in total. The Morgan fingerprint density at radius 2 is 1.84 bits per heavy atom. The Morgan fingerprint density at radius 1 is 1.16 bits per heavy atom. The van der Waals surface area contributed by atoms with Crippen molar-refractivity contribution in [3.63, 3.8) is 0 Å². The van der Waals surface area contributed by atoms with Gasteiger partial charge < -0.3 is 5.32 Å². The smallest absolute Gasteiger partial charge is 0.130 e. The highest BCUT2D eigenvalue weighted by Crippen LogP contribution is 2.33. The molecule has 1 aliphatic rings. The highest BCUT2D eigenvalue weighted by atomic mass is 19.1. The molecule has 0 saturated heterocycles. The van der Waals surface area contributed by atoms with Gasteiger partial charge >= 0.3 is 0 Å². The predicted octanol–water partition coefficient (Wildman–Crippen LogP) is 4.50. The van der Waals surface area contributed by atoms with Crippen molar-refractivity contribution in [2.45, 2.75) is 51.5 Å². The van der Waals surface area contributed by atoms with Crippen molar-refractivity contribution in [1.82, 2.24) is 5.32 Å². The summed E-state index contributed by atoms with van der Waals surface area (Å²) in [5.41, 5.74) is 1.12. The van der Waals surface area contributed by atoms with Crippen LogP contribution in [0.3, 0.4) is 0 Å². The molecule has 106 valence electrons. The minimum atomic E-state index is -0.464. The van der Waals surface area contributed by atoms with Crippen LogP contribution in [-0.2, 0) is 0 Å². The van der Waals surface area contributed by atoms with Gasteiger partial charge in [0, 0.05) is 17.7 Å².